The molecule has 2 heterocycles. The van der Waals surface area contributed by atoms with Crippen LogP contribution in [0.25, 0.3) is 0 Å². The highest BCUT2D eigenvalue weighted by atomic mass is 32.1. The number of benzene rings is 1. The number of carbonyl (C=O) groups is 1. The molecule has 2 aromatic rings. The molecular weight excluding hydrogens is 258 g/mol. The van der Waals surface area contributed by atoms with Gasteiger partial charge in [0, 0.05) is 29.9 Å². The lowest BCUT2D eigenvalue weighted by Gasteiger charge is -2.27. The standard InChI is InChI=1S/C15H15NO2S/c17-15(18)13-10-19-14-9-16(7-6-12(13)14)8-11-4-2-1-3-5-11/h1-5,10H,6-9H2,(H,17,18). The Morgan fingerprint density at radius 2 is 2.11 bits per heavy atom. The third-order valence-corrected chi connectivity index (χ3v) is 4.52. The van der Waals surface area contributed by atoms with E-state index in [0.29, 0.717) is 5.56 Å². The van der Waals surface area contributed by atoms with Crippen LogP contribution in [0.15, 0.2) is 35.7 Å². The van der Waals surface area contributed by atoms with Gasteiger partial charge in [-0.2, -0.15) is 0 Å². The van der Waals surface area contributed by atoms with Crippen LogP contribution in [0.1, 0.15) is 26.4 Å². The number of fused-ring (bicyclic) bond motifs is 1. The predicted octanol–water partition coefficient (Wildman–Crippen LogP) is 3.00. The maximum absolute atomic E-state index is 11.1. The second kappa shape index (κ2) is 5.15. The van der Waals surface area contributed by atoms with Crippen molar-refractivity contribution in [2.45, 2.75) is 19.5 Å². The summed E-state index contributed by atoms with van der Waals surface area (Å²) in [4.78, 5) is 14.7. The Hall–Kier alpha value is -1.65. The van der Waals surface area contributed by atoms with Gasteiger partial charge >= 0.3 is 5.97 Å². The molecule has 0 spiro atoms. The van der Waals surface area contributed by atoms with Crippen molar-refractivity contribution in [3.63, 3.8) is 0 Å². The zero-order valence-electron chi connectivity index (χ0n) is 10.5. The van der Waals surface area contributed by atoms with Gasteiger partial charge in [-0.15, -0.1) is 11.3 Å². The molecule has 3 rings (SSSR count). The molecule has 3 nitrogen and oxygen atoms in total. The summed E-state index contributed by atoms with van der Waals surface area (Å²) in [6, 6.07) is 10.4. The second-order valence-corrected chi connectivity index (χ2v) is 5.77. The molecule has 98 valence electrons. The van der Waals surface area contributed by atoms with Crippen LogP contribution in [0, 0.1) is 0 Å². The van der Waals surface area contributed by atoms with Crippen molar-refractivity contribution in [3.05, 3.63) is 57.3 Å². The van der Waals surface area contributed by atoms with Gasteiger partial charge in [0.25, 0.3) is 0 Å². The highest BCUT2D eigenvalue weighted by Gasteiger charge is 2.23. The predicted molar refractivity (Wildman–Crippen MR) is 75.5 cm³/mol. The topological polar surface area (TPSA) is 40.5 Å². The van der Waals surface area contributed by atoms with Crippen LogP contribution < -0.4 is 0 Å². The summed E-state index contributed by atoms with van der Waals surface area (Å²) in [5.74, 6) is -0.797. The molecule has 1 aromatic heterocycles. The van der Waals surface area contributed by atoms with Crippen molar-refractivity contribution in [1.82, 2.24) is 4.90 Å². The van der Waals surface area contributed by atoms with E-state index >= 15 is 0 Å². The first kappa shape index (κ1) is 12.4. The average Bonchev–Trinajstić information content (AvgIpc) is 2.83. The van der Waals surface area contributed by atoms with E-state index in [1.807, 2.05) is 6.07 Å². The molecule has 0 radical (unpaired) electrons. The van der Waals surface area contributed by atoms with Crippen molar-refractivity contribution in [3.8, 4) is 0 Å². The van der Waals surface area contributed by atoms with Crippen LogP contribution in [0.3, 0.4) is 0 Å². The van der Waals surface area contributed by atoms with Crippen LogP contribution in [0.2, 0.25) is 0 Å². The minimum Gasteiger partial charge on any atom is -0.478 e. The van der Waals surface area contributed by atoms with E-state index in [2.05, 4.69) is 29.2 Å². The third-order valence-electron chi connectivity index (χ3n) is 3.51. The van der Waals surface area contributed by atoms with Gasteiger partial charge in [-0.3, -0.25) is 4.90 Å². The summed E-state index contributed by atoms with van der Waals surface area (Å²) >= 11 is 1.57. The molecule has 0 fully saturated rings. The Bertz CT molecular complexity index is 591. The molecular formula is C15H15NO2S. The van der Waals surface area contributed by atoms with Crippen LogP contribution in [0.5, 0.6) is 0 Å². The van der Waals surface area contributed by atoms with Crippen molar-refractivity contribution < 1.29 is 9.90 Å². The molecule has 1 aliphatic rings. The second-order valence-electron chi connectivity index (χ2n) is 4.80. The summed E-state index contributed by atoms with van der Waals surface area (Å²) in [5, 5.41) is 10.9. The van der Waals surface area contributed by atoms with Crippen LogP contribution in [-0.2, 0) is 19.5 Å². The third kappa shape index (κ3) is 2.55. The number of hydrogen-bond donors (Lipinski definition) is 1. The molecule has 1 aromatic carbocycles. The Balaban J connectivity index is 1.74. The Labute approximate surface area is 116 Å². The highest BCUT2D eigenvalue weighted by molar-refractivity contribution is 7.10. The van der Waals surface area contributed by atoms with Crippen molar-refractivity contribution in [1.29, 1.82) is 0 Å². The number of hydrogen-bond acceptors (Lipinski definition) is 3. The molecule has 0 aliphatic carbocycles. The lowest BCUT2D eigenvalue weighted by molar-refractivity contribution is 0.0695. The van der Waals surface area contributed by atoms with Crippen LogP contribution >= 0.6 is 11.3 Å². The minimum absolute atomic E-state index is 0.499. The lowest BCUT2D eigenvalue weighted by Crippen LogP contribution is -2.29. The molecule has 0 bridgehead atoms. The number of aromatic carboxylic acids is 1. The van der Waals surface area contributed by atoms with E-state index in [9.17, 15) is 4.79 Å². The molecule has 0 amide bonds. The van der Waals surface area contributed by atoms with Gasteiger partial charge in [0.15, 0.2) is 0 Å². The Kier molecular flexibility index (Phi) is 3.36. The number of thiophene rings is 1. The molecule has 0 saturated carbocycles. The van der Waals surface area contributed by atoms with Crippen LogP contribution in [0.4, 0.5) is 0 Å². The molecule has 0 saturated heterocycles. The summed E-state index contributed by atoms with van der Waals surface area (Å²) in [7, 11) is 0. The fourth-order valence-electron chi connectivity index (χ4n) is 2.54. The average molecular weight is 273 g/mol. The van der Waals surface area contributed by atoms with E-state index in [1.54, 1.807) is 16.7 Å². The van der Waals surface area contributed by atoms with Gasteiger partial charge < -0.3 is 5.11 Å². The van der Waals surface area contributed by atoms with Gasteiger partial charge in [-0.1, -0.05) is 30.3 Å². The zero-order valence-corrected chi connectivity index (χ0v) is 11.3. The number of carboxylic acids is 1. The van der Waals surface area contributed by atoms with Gasteiger partial charge in [0.05, 0.1) is 5.56 Å². The summed E-state index contributed by atoms with van der Waals surface area (Å²) < 4.78 is 0. The van der Waals surface area contributed by atoms with Crippen molar-refractivity contribution in [2.75, 3.05) is 6.54 Å². The van der Waals surface area contributed by atoms with E-state index in [4.69, 9.17) is 5.11 Å². The quantitative estimate of drug-likeness (QED) is 0.934. The number of carboxylic acid groups (broad SMARTS) is 1. The fourth-order valence-corrected chi connectivity index (χ4v) is 3.65. The van der Waals surface area contributed by atoms with Gasteiger partial charge in [-0.05, 0) is 17.5 Å². The maximum Gasteiger partial charge on any atom is 0.336 e. The normalized spacial score (nSPS) is 15.2. The summed E-state index contributed by atoms with van der Waals surface area (Å²) in [5.41, 5.74) is 2.85. The first-order valence-electron chi connectivity index (χ1n) is 6.33. The summed E-state index contributed by atoms with van der Waals surface area (Å²) in [6.07, 6.45) is 0.841. The van der Waals surface area contributed by atoms with Gasteiger partial charge in [0.1, 0.15) is 0 Å². The minimum atomic E-state index is -0.797. The molecule has 1 N–H and O–H groups in total. The van der Waals surface area contributed by atoms with E-state index < -0.39 is 5.97 Å². The Morgan fingerprint density at radius 3 is 2.84 bits per heavy atom. The zero-order chi connectivity index (χ0) is 13.2. The Morgan fingerprint density at radius 1 is 1.32 bits per heavy atom. The number of nitrogens with zero attached hydrogens (tertiary/aromatic N) is 1. The van der Waals surface area contributed by atoms with Crippen LogP contribution in [-0.4, -0.2) is 22.5 Å². The first-order chi connectivity index (χ1) is 9.24. The molecule has 19 heavy (non-hydrogen) atoms. The monoisotopic (exact) mass is 273 g/mol. The largest absolute Gasteiger partial charge is 0.478 e. The van der Waals surface area contributed by atoms with E-state index in [-0.39, 0.29) is 0 Å². The maximum atomic E-state index is 11.1. The smallest absolute Gasteiger partial charge is 0.336 e. The summed E-state index contributed by atoms with van der Waals surface area (Å²) in [6.45, 7) is 2.72. The van der Waals surface area contributed by atoms with Crippen molar-refractivity contribution >= 4 is 17.3 Å². The molecule has 4 heteroatoms. The van der Waals surface area contributed by atoms with Crippen molar-refractivity contribution in [2.24, 2.45) is 0 Å². The molecule has 1 aliphatic heterocycles. The molecule has 0 atom stereocenters. The lowest BCUT2D eigenvalue weighted by atomic mass is 10.0. The number of rotatable bonds is 3. The fraction of sp³-hybridized carbons (Fsp3) is 0.267. The highest BCUT2D eigenvalue weighted by Crippen LogP contribution is 2.29. The SMILES string of the molecule is O=C(O)c1csc2c1CCN(Cc1ccccc1)C2. The van der Waals surface area contributed by atoms with Gasteiger partial charge in [0.2, 0.25) is 0 Å². The molecule has 0 unspecified atom stereocenters. The van der Waals surface area contributed by atoms with Gasteiger partial charge in [-0.25, -0.2) is 4.79 Å². The van der Waals surface area contributed by atoms with E-state index in [0.717, 1.165) is 31.6 Å². The first-order valence-corrected chi connectivity index (χ1v) is 7.21. The van der Waals surface area contributed by atoms with E-state index in [1.165, 1.54) is 10.4 Å².